The quantitative estimate of drug-likeness (QED) is 0.562. The van der Waals surface area contributed by atoms with E-state index in [4.69, 9.17) is 0 Å². The summed E-state index contributed by atoms with van der Waals surface area (Å²) in [5, 5.41) is 8.94. The lowest BCUT2D eigenvalue weighted by Crippen LogP contribution is -2.88. The number of thiophene rings is 1. The summed E-state index contributed by atoms with van der Waals surface area (Å²) >= 11 is 1.66. The predicted molar refractivity (Wildman–Crippen MR) is 116 cm³/mol. The van der Waals surface area contributed by atoms with Crippen molar-refractivity contribution < 1.29 is 14.9 Å². The average Bonchev–Trinajstić information content (AvgIpc) is 3.29. The molecule has 3 rings (SSSR count). The first kappa shape index (κ1) is 20.8. The average molecular weight is 409 g/mol. The Morgan fingerprint density at radius 1 is 0.966 bits per heavy atom. The first-order chi connectivity index (χ1) is 14.1. The molecule has 0 radical (unpaired) electrons. The van der Waals surface area contributed by atoms with Crippen LogP contribution in [0.5, 0.6) is 0 Å². The maximum atomic E-state index is 13.0. The molecule has 0 saturated heterocycles. The van der Waals surface area contributed by atoms with E-state index in [0.29, 0.717) is 0 Å². The summed E-state index contributed by atoms with van der Waals surface area (Å²) in [7, 11) is 1.49. The van der Waals surface area contributed by atoms with Gasteiger partial charge in [-0.15, -0.1) is 11.3 Å². The van der Waals surface area contributed by atoms with E-state index in [2.05, 4.69) is 47.9 Å². The fourth-order valence-electron chi connectivity index (χ4n) is 3.25. The summed E-state index contributed by atoms with van der Waals surface area (Å²) in [5.74, 6) is -0.345. The van der Waals surface area contributed by atoms with E-state index in [0.717, 1.165) is 22.4 Å². The van der Waals surface area contributed by atoms with E-state index in [-0.39, 0.29) is 11.9 Å². The van der Waals surface area contributed by atoms with Gasteiger partial charge in [0.05, 0.1) is 4.88 Å². The highest BCUT2D eigenvalue weighted by Crippen LogP contribution is 2.25. The molecule has 3 amide bonds. The van der Waals surface area contributed by atoms with Crippen LogP contribution >= 0.6 is 11.3 Å². The topological polar surface area (TPSA) is 74.8 Å². The van der Waals surface area contributed by atoms with Gasteiger partial charge in [-0.05, 0) is 23.4 Å². The van der Waals surface area contributed by atoms with Gasteiger partial charge in [0.15, 0.2) is 6.04 Å². The van der Waals surface area contributed by atoms with Crippen molar-refractivity contribution in [1.29, 1.82) is 0 Å². The van der Waals surface area contributed by atoms with Crippen molar-refractivity contribution in [2.24, 2.45) is 0 Å². The molecule has 150 valence electrons. The Kier molecular flexibility index (Phi) is 7.16. The molecule has 4 N–H and O–H groups in total. The largest absolute Gasteiger partial charge is 0.341 e. The molecule has 0 aliphatic carbocycles. The van der Waals surface area contributed by atoms with Crippen molar-refractivity contribution in [2.45, 2.75) is 25.4 Å². The van der Waals surface area contributed by atoms with Gasteiger partial charge in [-0.3, -0.25) is 10.1 Å². The van der Waals surface area contributed by atoms with Crippen LogP contribution in [0.1, 0.15) is 40.6 Å². The van der Waals surface area contributed by atoms with Gasteiger partial charge in [-0.2, -0.15) is 0 Å². The van der Waals surface area contributed by atoms with Gasteiger partial charge in [0.25, 0.3) is 5.91 Å². The monoisotopic (exact) mass is 408 g/mol. The normalized spacial score (nSPS) is 12.8. The molecule has 29 heavy (non-hydrogen) atoms. The number of amides is 3. The first-order valence-corrected chi connectivity index (χ1v) is 10.5. The Bertz CT molecular complexity index is 925. The summed E-state index contributed by atoms with van der Waals surface area (Å²) in [6.45, 7) is 2.13. The van der Waals surface area contributed by atoms with Gasteiger partial charge in [-0.1, -0.05) is 67.6 Å². The molecule has 3 aromatic rings. The van der Waals surface area contributed by atoms with Crippen LogP contribution in [0.2, 0.25) is 0 Å². The number of benzene rings is 2. The van der Waals surface area contributed by atoms with Crippen molar-refractivity contribution in [2.75, 3.05) is 7.05 Å². The van der Waals surface area contributed by atoms with Gasteiger partial charge < -0.3 is 10.6 Å². The van der Waals surface area contributed by atoms with E-state index in [9.17, 15) is 9.59 Å². The van der Waals surface area contributed by atoms with E-state index in [1.807, 2.05) is 47.1 Å². The second kappa shape index (κ2) is 10.0. The first-order valence-electron chi connectivity index (χ1n) is 9.67. The maximum Gasteiger partial charge on any atom is 0.321 e. The fourth-order valence-corrected chi connectivity index (χ4v) is 4.09. The second-order valence-electron chi connectivity index (χ2n) is 6.74. The molecule has 0 fully saturated rings. The molecule has 2 atom stereocenters. The molecule has 6 heteroatoms. The fraction of sp³-hybridized carbons (Fsp3) is 0.217. The number of rotatable bonds is 7. The van der Waals surface area contributed by atoms with Crippen molar-refractivity contribution in [3.05, 3.63) is 93.7 Å². The van der Waals surface area contributed by atoms with Gasteiger partial charge >= 0.3 is 6.03 Å². The highest BCUT2D eigenvalue weighted by Gasteiger charge is 2.31. The number of quaternary nitrogens is 1. The summed E-state index contributed by atoms with van der Waals surface area (Å²) in [6.07, 6.45) is 0.981. The molecule has 0 unspecified atom stereocenters. The van der Waals surface area contributed by atoms with Crippen molar-refractivity contribution in [1.82, 2.24) is 10.6 Å². The number of hydrogen-bond donors (Lipinski definition) is 3. The Balaban J connectivity index is 1.96. The zero-order valence-electron chi connectivity index (χ0n) is 16.6. The standard InChI is InChI=1S/C23H25N3O2S/c1-3-16-11-13-18(14-12-16)20(19-10-7-15-29-19)25-21(17-8-5-4-6-9-17)22(27)26-23(28)24-2/h4-15,20-21,25H,3H2,1-2H3,(H2,24,26,27,28)/p+1/t20-,21+/m1/s1. The molecule has 0 aliphatic rings. The summed E-state index contributed by atoms with van der Waals surface area (Å²) < 4.78 is 0. The Labute approximate surface area is 175 Å². The molecular weight excluding hydrogens is 382 g/mol. The van der Waals surface area contributed by atoms with E-state index >= 15 is 0 Å². The molecule has 0 spiro atoms. The number of carbonyl (C=O) groups excluding carboxylic acids is 2. The van der Waals surface area contributed by atoms with Crippen LogP contribution in [0.4, 0.5) is 4.79 Å². The maximum absolute atomic E-state index is 13.0. The Hall–Kier alpha value is -2.96. The molecule has 2 aromatic carbocycles. The van der Waals surface area contributed by atoms with Gasteiger partial charge in [-0.25, -0.2) is 4.79 Å². The van der Waals surface area contributed by atoms with E-state index in [1.165, 1.54) is 12.6 Å². The number of nitrogens with one attached hydrogen (secondary N) is 2. The predicted octanol–water partition coefficient (Wildman–Crippen LogP) is 3.16. The van der Waals surface area contributed by atoms with Crippen LogP contribution in [-0.2, 0) is 11.2 Å². The summed E-state index contributed by atoms with van der Waals surface area (Å²) in [4.78, 5) is 25.9. The number of hydrogen-bond acceptors (Lipinski definition) is 3. The van der Waals surface area contributed by atoms with Crippen LogP contribution in [0.3, 0.4) is 0 Å². The van der Waals surface area contributed by atoms with Gasteiger partial charge in [0.1, 0.15) is 6.04 Å². The smallest absolute Gasteiger partial charge is 0.321 e. The Morgan fingerprint density at radius 3 is 2.28 bits per heavy atom. The lowest BCUT2D eigenvalue weighted by Gasteiger charge is -2.22. The molecule has 1 aromatic heterocycles. The van der Waals surface area contributed by atoms with Crippen LogP contribution in [0.15, 0.2) is 72.1 Å². The number of carbonyl (C=O) groups is 2. The highest BCUT2D eigenvalue weighted by atomic mass is 32.1. The zero-order valence-corrected chi connectivity index (χ0v) is 17.4. The number of nitrogens with two attached hydrogens (primary N) is 1. The van der Waals surface area contributed by atoms with Gasteiger partial charge in [0.2, 0.25) is 0 Å². The molecule has 5 nitrogen and oxygen atoms in total. The lowest BCUT2D eigenvalue weighted by molar-refractivity contribution is -0.713. The minimum Gasteiger partial charge on any atom is -0.341 e. The number of imide groups is 1. The minimum atomic E-state index is -0.563. The zero-order chi connectivity index (χ0) is 20.6. The van der Waals surface area contributed by atoms with E-state index < -0.39 is 12.1 Å². The molecule has 0 aliphatic heterocycles. The summed E-state index contributed by atoms with van der Waals surface area (Å²) in [5.41, 5.74) is 3.25. The minimum absolute atomic E-state index is 0.0541. The van der Waals surface area contributed by atoms with Crippen LogP contribution in [0, 0.1) is 0 Å². The van der Waals surface area contributed by atoms with Crippen molar-refractivity contribution in [3.63, 3.8) is 0 Å². The SMILES string of the molecule is CCc1ccc([C@@H]([NH2+][C@H](C(=O)NC(=O)NC)c2ccccc2)c2cccs2)cc1. The third kappa shape index (κ3) is 5.31. The molecular formula is C23H26N3O2S+. The van der Waals surface area contributed by atoms with Crippen LogP contribution < -0.4 is 16.0 Å². The third-order valence-electron chi connectivity index (χ3n) is 4.89. The molecule has 0 bridgehead atoms. The third-order valence-corrected chi connectivity index (χ3v) is 5.84. The molecule has 1 heterocycles. The van der Waals surface area contributed by atoms with Crippen molar-refractivity contribution in [3.8, 4) is 0 Å². The van der Waals surface area contributed by atoms with E-state index in [1.54, 1.807) is 11.3 Å². The van der Waals surface area contributed by atoms with Crippen molar-refractivity contribution >= 4 is 23.3 Å². The lowest BCUT2D eigenvalue weighted by atomic mass is 9.99. The summed E-state index contributed by atoms with van der Waals surface area (Å²) in [6, 6.07) is 21.0. The van der Waals surface area contributed by atoms with Gasteiger partial charge in [0, 0.05) is 18.2 Å². The molecule has 0 saturated carbocycles. The van der Waals surface area contributed by atoms with Crippen LogP contribution in [-0.4, -0.2) is 19.0 Å². The Morgan fingerprint density at radius 2 is 1.69 bits per heavy atom. The number of aryl methyl sites for hydroxylation is 1. The number of urea groups is 1. The highest BCUT2D eigenvalue weighted by molar-refractivity contribution is 7.10. The second-order valence-corrected chi connectivity index (χ2v) is 7.72. The van der Waals surface area contributed by atoms with Crippen LogP contribution in [0.25, 0.3) is 0 Å².